The molecule has 0 heterocycles. The quantitative estimate of drug-likeness (QED) is 0.661. The molecule has 0 saturated heterocycles. The van der Waals surface area contributed by atoms with Gasteiger partial charge >= 0.3 is 0 Å². The van der Waals surface area contributed by atoms with E-state index in [0.29, 0.717) is 6.04 Å². The van der Waals surface area contributed by atoms with Crippen LogP contribution in [0.2, 0.25) is 0 Å². The van der Waals surface area contributed by atoms with Crippen molar-refractivity contribution >= 4 is 0 Å². The van der Waals surface area contributed by atoms with E-state index in [-0.39, 0.29) is 0 Å². The van der Waals surface area contributed by atoms with Gasteiger partial charge in [0.1, 0.15) is 0 Å². The van der Waals surface area contributed by atoms with Crippen molar-refractivity contribution in [3.63, 3.8) is 0 Å². The Balaban J connectivity index is 2.14. The zero-order chi connectivity index (χ0) is 11.3. The molecule has 1 fully saturated rings. The van der Waals surface area contributed by atoms with E-state index in [0.717, 1.165) is 17.8 Å². The Morgan fingerprint density at radius 1 is 1.20 bits per heavy atom. The van der Waals surface area contributed by atoms with Gasteiger partial charge in [-0.1, -0.05) is 39.5 Å². The second-order valence-corrected chi connectivity index (χ2v) is 5.77. The molecular formula is C14H29N. The Morgan fingerprint density at radius 2 is 1.87 bits per heavy atom. The summed E-state index contributed by atoms with van der Waals surface area (Å²) in [6.45, 7) is 6.90. The van der Waals surface area contributed by atoms with Gasteiger partial charge in [-0.3, -0.25) is 0 Å². The zero-order valence-electron chi connectivity index (χ0n) is 10.8. The minimum atomic E-state index is 0.398. The van der Waals surface area contributed by atoms with Crippen molar-refractivity contribution in [1.82, 2.24) is 0 Å². The van der Waals surface area contributed by atoms with E-state index in [2.05, 4.69) is 20.8 Å². The summed E-state index contributed by atoms with van der Waals surface area (Å²) in [4.78, 5) is 0. The second-order valence-electron chi connectivity index (χ2n) is 5.77. The summed E-state index contributed by atoms with van der Waals surface area (Å²) < 4.78 is 0. The number of nitrogens with two attached hydrogens (primary N) is 1. The van der Waals surface area contributed by atoms with Gasteiger partial charge in [-0.05, 0) is 43.9 Å². The number of rotatable bonds is 6. The van der Waals surface area contributed by atoms with Crippen LogP contribution in [0.4, 0.5) is 0 Å². The third-order valence-corrected chi connectivity index (χ3v) is 4.09. The summed E-state index contributed by atoms with van der Waals surface area (Å²) in [6.07, 6.45) is 9.75. The van der Waals surface area contributed by atoms with E-state index in [1.54, 1.807) is 0 Å². The van der Waals surface area contributed by atoms with Gasteiger partial charge in [-0.15, -0.1) is 0 Å². The third-order valence-electron chi connectivity index (χ3n) is 4.09. The molecule has 0 bridgehead atoms. The van der Waals surface area contributed by atoms with E-state index in [9.17, 15) is 0 Å². The van der Waals surface area contributed by atoms with Crippen molar-refractivity contribution in [2.45, 2.75) is 71.8 Å². The maximum atomic E-state index is 5.76. The average molecular weight is 211 g/mol. The molecule has 0 amide bonds. The lowest BCUT2D eigenvalue weighted by Gasteiger charge is -2.17. The van der Waals surface area contributed by atoms with Crippen molar-refractivity contribution in [2.24, 2.45) is 23.5 Å². The van der Waals surface area contributed by atoms with Crippen molar-refractivity contribution in [3.05, 3.63) is 0 Å². The highest BCUT2D eigenvalue weighted by Gasteiger charge is 2.29. The van der Waals surface area contributed by atoms with Gasteiger partial charge < -0.3 is 5.73 Å². The summed E-state index contributed by atoms with van der Waals surface area (Å²) >= 11 is 0. The first-order valence-corrected chi connectivity index (χ1v) is 6.89. The molecule has 0 spiro atoms. The molecular weight excluding hydrogens is 182 g/mol. The predicted octanol–water partition coefficient (Wildman–Crippen LogP) is 3.97. The molecule has 0 aliphatic heterocycles. The zero-order valence-corrected chi connectivity index (χ0v) is 10.8. The largest absolute Gasteiger partial charge is 0.328 e. The summed E-state index contributed by atoms with van der Waals surface area (Å²) in [5.41, 5.74) is 5.76. The van der Waals surface area contributed by atoms with Crippen molar-refractivity contribution < 1.29 is 0 Å². The molecule has 4 atom stereocenters. The van der Waals surface area contributed by atoms with Gasteiger partial charge in [0.05, 0.1) is 0 Å². The Hall–Kier alpha value is -0.0400. The van der Waals surface area contributed by atoms with Crippen LogP contribution in [0, 0.1) is 17.8 Å². The monoisotopic (exact) mass is 211 g/mol. The van der Waals surface area contributed by atoms with E-state index >= 15 is 0 Å². The first kappa shape index (κ1) is 13.0. The fraction of sp³-hybridized carbons (Fsp3) is 1.00. The standard InChI is InChI=1S/C14H29N/c1-4-13-9-11(2)10-14(13)8-6-5-7-12(3)15/h11-14H,4-10,15H2,1-3H3. The Morgan fingerprint density at radius 3 is 2.47 bits per heavy atom. The highest BCUT2D eigenvalue weighted by Crippen LogP contribution is 2.40. The van der Waals surface area contributed by atoms with Gasteiger partial charge in [0.25, 0.3) is 0 Å². The van der Waals surface area contributed by atoms with E-state index < -0.39 is 0 Å². The van der Waals surface area contributed by atoms with Crippen LogP contribution in [0.25, 0.3) is 0 Å². The molecule has 1 rings (SSSR count). The van der Waals surface area contributed by atoms with Crippen LogP contribution in [-0.2, 0) is 0 Å². The molecule has 0 aromatic rings. The lowest BCUT2D eigenvalue weighted by atomic mass is 9.89. The lowest BCUT2D eigenvalue weighted by Crippen LogP contribution is -2.14. The van der Waals surface area contributed by atoms with Gasteiger partial charge in [-0.2, -0.15) is 0 Å². The first-order valence-electron chi connectivity index (χ1n) is 6.89. The molecule has 1 heteroatoms. The topological polar surface area (TPSA) is 26.0 Å². The van der Waals surface area contributed by atoms with Gasteiger partial charge in [0.2, 0.25) is 0 Å². The van der Waals surface area contributed by atoms with Gasteiger partial charge in [0.15, 0.2) is 0 Å². The number of hydrogen-bond acceptors (Lipinski definition) is 1. The average Bonchev–Trinajstić information content (AvgIpc) is 2.53. The van der Waals surface area contributed by atoms with E-state index in [1.165, 1.54) is 44.9 Å². The highest BCUT2D eigenvalue weighted by molar-refractivity contribution is 4.80. The Labute approximate surface area is 95.8 Å². The number of hydrogen-bond donors (Lipinski definition) is 1. The molecule has 2 N–H and O–H groups in total. The molecule has 15 heavy (non-hydrogen) atoms. The van der Waals surface area contributed by atoms with Crippen LogP contribution in [0.3, 0.4) is 0 Å². The van der Waals surface area contributed by atoms with Gasteiger partial charge in [0, 0.05) is 6.04 Å². The van der Waals surface area contributed by atoms with Crippen LogP contribution < -0.4 is 5.73 Å². The lowest BCUT2D eigenvalue weighted by molar-refractivity contribution is 0.341. The van der Waals surface area contributed by atoms with Crippen molar-refractivity contribution in [3.8, 4) is 0 Å². The molecule has 90 valence electrons. The smallest absolute Gasteiger partial charge is 0.00104 e. The second kappa shape index (κ2) is 6.52. The molecule has 0 radical (unpaired) electrons. The van der Waals surface area contributed by atoms with E-state index in [1.807, 2.05) is 0 Å². The summed E-state index contributed by atoms with van der Waals surface area (Å²) in [5, 5.41) is 0. The summed E-state index contributed by atoms with van der Waals surface area (Å²) in [5.74, 6) is 3.03. The van der Waals surface area contributed by atoms with Crippen LogP contribution in [0.1, 0.15) is 65.7 Å². The minimum Gasteiger partial charge on any atom is -0.328 e. The SMILES string of the molecule is CCC1CC(C)CC1CCCCC(C)N. The van der Waals surface area contributed by atoms with Crippen molar-refractivity contribution in [2.75, 3.05) is 0 Å². The summed E-state index contributed by atoms with van der Waals surface area (Å²) in [6, 6.07) is 0.398. The molecule has 1 aliphatic carbocycles. The first-order chi connectivity index (χ1) is 7.13. The van der Waals surface area contributed by atoms with Crippen LogP contribution in [-0.4, -0.2) is 6.04 Å². The molecule has 1 aliphatic rings. The predicted molar refractivity (Wildman–Crippen MR) is 67.8 cm³/mol. The Kier molecular flexibility index (Phi) is 5.66. The van der Waals surface area contributed by atoms with Crippen LogP contribution >= 0.6 is 0 Å². The van der Waals surface area contributed by atoms with Crippen molar-refractivity contribution in [1.29, 1.82) is 0 Å². The van der Waals surface area contributed by atoms with E-state index in [4.69, 9.17) is 5.73 Å². The normalized spacial score (nSPS) is 33.2. The highest BCUT2D eigenvalue weighted by atomic mass is 14.6. The molecule has 1 nitrogen and oxygen atoms in total. The fourth-order valence-corrected chi connectivity index (χ4v) is 3.24. The van der Waals surface area contributed by atoms with Crippen LogP contribution in [0.15, 0.2) is 0 Å². The van der Waals surface area contributed by atoms with Gasteiger partial charge in [-0.25, -0.2) is 0 Å². The molecule has 4 unspecified atom stereocenters. The molecule has 0 aromatic carbocycles. The summed E-state index contributed by atoms with van der Waals surface area (Å²) in [7, 11) is 0. The number of unbranched alkanes of at least 4 members (excludes halogenated alkanes) is 1. The minimum absolute atomic E-state index is 0.398. The maximum absolute atomic E-state index is 5.76. The third kappa shape index (κ3) is 4.55. The molecule has 0 aromatic heterocycles. The Bertz CT molecular complexity index is 165. The fourth-order valence-electron chi connectivity index (χ4n) is 3.24. The van der Waals surface area contributed by atoms with Crippen LogP contribution in [0.5, 0.6) is 0 Å². The maximum Gasteiger partial charge on any atom is 0.00104 e. The molecule has 1 saturated carbocycles.